The standard InChI is InChI=1S/C18H24N2O6S/c21-18(14-3-5-15(6-4-14)20(22)23)7-9-19(12-17-2-1-10-26-17)16-8-11-27(24,25)13-16/h3-6,16-17H,1-2,7-13H2/t16-,17-/m1/s1. The number of rotatable bonds is 8. The lowest BCUT2D eigenvalue weighted by atomic mass is 10.1. The van der Waals surface area contributed by atoms with Gasteiger partial charge in [-0.1, -0.05) is 0 Å². The molecule has 0 aromatic heterocycles. The van der Waals surface area contributed by atoms with Gasteiger partial charge in [-0.15, -0.1) is 0 Å². The molecule has 2 saturated heterocycles. The number of nitro groups is 1. The first-order chi connectivity index (χ1) is 12.8. The zero-order valence-electron chi connectivity index (χ0n) is 15.1. The SMILES string of the molecule is O=C(CCN(C[C@H]1CCCO1)[C@@H]1CCS(=O)(=O)C1)c1ccc([N+](=O)[O-])cc1. The minimum Gasteiger partial charge on any atom is -0.377 e. The molecule has 0 bridgehead atoms. The van der Waals surface area contributed by atoms with Crippen LogP contribution in [0.2, 0.25) is 0 Å². The Morgan fingerprint density at radius 1 is 1.26 bits per heavy atom. The normalized spacial score (nSPS) is 24.3. The second-order valence-electron chi connectivity index (χ2n) is 7.16. The van der Waals surface area contributed by atoms with Gasteiger partial charge < -0.3 is 4.74 Å². The fourth-order valence-electron chi connectivity index (χ4n) is 3.69. The topological polar surface area (TPSA) is 107 Å². The zero-order valence-corrected chi connectivity index (χ0v) is 15.9. The van der Waals surface area contributed by atoms with Crippen molar-refractivity contribution in [1.82, 2.24) is 4.90 Å². The van der Waals surface area contributed by atoms with E-state index in [1.54, 1.807) is 0 Å². The van der Waals surface area contributed by atoms with Crippen LogP contribution in [0.15, 0.2) is 24.3 Å². The Balaban J connectivity index is 1.62. The molecule has 0 spiro atoms. The van der Waals surface area contributed by atoms with Crippen molar-refractivity contribution in [2.24, 2.45) is 0 Å². The van der Waals surface area contributed by atoms with Crippen LogP contribution in [0.25, 0.3) is 0 Å². The van der Waals surface area contributed by atoms with E-state index in [1.165, 1.54) is 24.3 Å². The van der Waals surface area contributed by atoms with Crippen LogP contribution in [0.5, 0.6) is 0 Å². The average molecular weight is 396 g/mol. The van der Waals surface area contributed by atoms with Crippen LogP contribution >= 0.6 is 0 Å². The highest BCUT2D eigenvalue weighted by atomic mass is 32.2. The molecule has 0 amide bonds. The van der Waals surface area contributed by atoms with Gasteiger partial charge in [-0.2, -0.15) is 0 Å². The number of nitrogens with zero attached hydrogens (tertiary/aromatic N) is 2. The number of nitro benzene ring substituents is 1. The lowest BCUT2D eigenvalue weighted by Crippen LogP contribution is -2.42. The molecule has 0 radical (unpaired) electrons. The molecule has 0 saturated carbocycles. The smallest absolute Gasteiger partial charge is 0.269 e. The van der Waals surface area contributed by atoms with E-state index in [-0.39, 0.29) is 41.5 Å². The number of sulfone groups is 1. The predicted molar refractivity (Wildman–Crippen MR) is 99.6 cm³/mol. The Labute approximate surface area is 158 Å². The Bertz CT molecular complexity index is 787. The maximum absolute atomic E-state index is 12.5. The summed E-state index contributed by atoms with van der Waals surface area (Å²) in [5.74, 6) is 0.213. The largest absolute Gasteiger partial charge is 0.377 e. The van der Waals surface area contributed by atoms with Crippen LogP contribution < -0.4 is 0 Å². The molecule has 0 unspecified atom stereocenters. The van der Waals surface area contributed by atoms with Gasteiger partial charge in [0.1, 0.15) is 0 Å². The molecule has 3 rings (SSSR count). The second kappa shape index (κ2) is 8.45. The number of hydrogen-bond acceptors (Lipinski definition) is 7. The lowest BCUT2D eigenvalue weighted by molar-refractivity contribution is -0.384. The first-order valence-corrected chi connectivity index (χ1v) is 11.0. The Morgan fingerprint density at radius 2 is 2.00 bits per heavy atom. The van der Waals surface area contributed by atoms with Crippen LogP contribution in [0, 0.1) is 10.1 Å². The van der Waals surface area contributed by atoms with Crippen LogP contribution in [-0.2, 0) is 14.6 Å². The number of ether oxygens (including phenoxy) is 1. The molecule has 2 atom stereocenters. The minimum absolute atomic E-state index is 0.0530. The summed E-state index contributed by atoms with van der Waals surface area (Å²) in [6.45, 7) is 1.81. The summed E-state index contributed by atoms with van der Waals surface area (Å²) in [6, 6.07) is 5.49. The van der Waals surface area contributed by atoms with Crippen molar-refractivity contribution in [3.8, 4) is 0 Å². The fourth-order valence-corrected chi connectivity index (χ4v) is 5.46. The van der Waals surface area contributed by atoms with Gasteiger partial charge in [0.05, 0.1) is 22.5 Å². The number of ketones is 1. The number of hydrogen-bond donors (Lipinski definition) is 0. The van der Waals surface area contributed by atoms with Crippen molar-refractivity contribution in [2.45, 2.75) is 37.8 Å². The molecule has 1 aromatic rings. The first-order valence-electron chi connectivity index (χ1n) is 9.18. The molecule has 0 aliphatic carbocycles. The third-order valence-corrected chi connectivity index (χ3v) is 6.96. The van der Waals surface area contributed by atoms with Gasteiger partial charge in [-0.3, -0.25) is 19.8 Å². The van der Waals surface area contributed by atoms with Crippen LogP contribution in [0.4, 0.5) is 5.69 Å². The molecule has 2 fully saturated rings. The number of Topliss-reactive ketones (excluding diaryl/α,β-unsaturated/α-hetero) is 1. The van der Waals surface area contributed by atoms with Gasteiger partial charge in [0.2, 0.25) is 0 Å². The summed E-state index contributed by atoms with van der Waals surface area (Å²) in [7, 11) is -3.01. The third-order valence-electron chi connectivity index (χ3n) is 5.21. The Morgan fingerprint density at radius 3 is 2.56 bits per heavy atom. The molecule has 8 nitrogen and oxygen atoms in total. The van der Waals surface area contributed by atoms with Gasteiger partial charge >= 0.3 is 0 Å². The molecule has 27 heavy (non-hydrogen) atoms. The van der Waals surface area contributed by atoms with E-state index in [1.807, 2.05) is 0 Å². The molecule has 148 valence electrons. The van der Waals surface area contributed by atoms with Crippen molar-refractivity contribution in [3.63, 3.8) is 0 Å². The molecule has 1 aromatic carbocycles. The number of carbonyl (C=O) groups excluding carboxylic acids is 1. The van der Waals surface area contributed by atoms with Crippen molar-refractivity contribution in [2.75, 3.05) is 31.2 Å². The van der Waals surface area contributed by atoms with E-state index in [9.17, 15) is 23.3 Å². The maximum atomic E-state index is 12.5. The summed E-state index contributed by atoms with van der Waals surface area (Å²) < 4.78 is 29.4. The molecule has 2 aliphatic rings. The molecule has 9 heteroatoms. The minimum atomic E-state index is -3.01. The van der Waals surface area contributed by atoms with Crippen LogP contribution in [0.3, 0.4) is 0 Å². The fraction of sp³-hybridized carbons (Fsp3) is 0.611. The summed E-state index contributed by atoms with van der Waals surface area (Å²) >= 11 is 0. The van der Waals surface area contributed by atoms with E-state index < -0.39 is 14.8 Å². The van der Waals surface area contributed by atoms with Crippen molar-refractivity contribution < 1.29 is 22.9 Å². The highest BCUT2D eigenvalue weighted by Crippen LogP contribution is 2.22. The number of benzene rings is 1. The van der Waals surface area contributed by atoms with Gasteiger partial charge in [-0.05, 0) is 31.4 Å². The average Bonchev–Trinajstić information content (AvgIpc) is 3.27. The van der Waals surface area contributed by atoms with Crippen LogP contribution in [0.1, 0.15) is 36.0 Å². The molecular weight excluding hydrogens is 372 g/mol. The van der Waals surface area contributed by atoms with Crippen molar-refractivity contribution in [1.29, 1.82) is 0 Å². The summed E-state index contributed by atoms with van der Waals surface area (Å²) in [5.41, 5.74) is 0.374. The second-order valence-corrected chi connectivity index (χ2v) is 9.39. The van der Waals surface area contributed by atoms with Gasteiger partial charge in [-0.25, -0.2) is 8.42 Å². The Hall–Kier alpha value is -1.84. The molecule has 0 N–H and O–H groups in total. The van der Waals surface area contributed by atoms with Gasteiger partial charge in [0.15, 0.2) is 15.6 Å². The first kappa shape index (κ1) is 19.9. The number of carbonyl (C=O) groups is 1. The zero-order chi connectivity index (χ0) is 19.4. The molecule has 2 heterocycles. The van der Waals surface area contributed by atoms with Crippen LogP contribution in [-0.4, -0.2) is 67.4 Å². The van der Waals surface area contributed by atoms with E-state index in [2.05, 4.69) is 4.90 Å². The summed E-state index contributed by atoms with van der Waals surface area (Å²) in [5, 5.41) is 10.7. The van der Waals surface area contributed by atoms with E-state index in [0.29, 0.717) is 25.1 Å². The lowest BCUT2D eigenvalue weighted by Gasteiger charge is -2.30. The van der Waals surface area contributed by atoms with E-state index in [0.717, 1.165) is 19.4 Å². The van der Waals surface area contributed by atoms with E-state index >= 15 is 0 Å². The van der Waals surface area contributed by atoms with E-state index in [4.69, 9.17) is 4.74 Å². The monoisotopic (exact) mass is 396 g/mol. The molecular formula is C18H24N2O6S. The maximum Gasteiger partial charge on any atom is 0.269 e. The highest BCUT2D eigenvalue weighted by Gasteiger charge is 2.34. The Kier molecular flexibility index (Phi) is 6.23. The van der Waals surface area contributed by atoms with Crippen molar-refractivity contribution >= 4 is 21.3 Å². The predicted octanol–water partition coefficient (Wildman–Crippen LogP) is 1.84. The summed E-state index contributed by atoms with van der Waals surface area (Å²) in [6.07, 6.45) is 2.86. The number of non-ortho nitro benzene ring substituents is 1. The highest BCUT2D eigenvalue weighted by molar-refractivity contribution is 7.91. The van der Waals surface area contributed by atoms with Gasteiger partial charge in [0, 0.05) is 49.9 Å². The summed E-state index contributed by atoms with van der Waals surface area (Å²) in [4.78, 5) is 24.7. The third kappa shape index (κ3) is 5.33. The van der Waals surface area contributed by atoms with Gasteiger partial charge in [0.25, 0.3) is 5.69 Å². The molecule has 2 aliphatic heterocycles. The van der Waals surface area contributed by atoms with Crippen molar-refractivity contribution in [3.05, 3.63) is 39.9 Å². The quantitative estimate of drug-likeness (QED) is 0.375.